The number of likely N-dealkylation sites (N-methyl/N-ethyl adjacent to an activating group) is 1. The number of hydrogen-bond donors (Lipinski definition) is 1. The van der Waals surface area contributed by atoms with E-state index in [0.717, 1.165) is 19.0 Å². The molecule has 0 heterocycles. The molecule has 0 bridgehead atoms. The number of hydrogen-bond acceptors (Lipinski definition) is 2. The van der Waals surface area contributed by atoms with Crippen LogP contribution in [0, 0.1) is 12.8 Å². The zero-order valence-corrected chi connectivity index (χ0v) is 13.0. The Morgan fingerprint density at radius 3 is 2.05 bits per heavy atom. The van der Waals surface area contributed by atoms with Crippen molar-refractivity contribution in [1.29, 1.82) is 0 Å². The maximum Gasteiger partial charge on any atom is 0.0470 e. The van der Waals surface area contributed by atoms with E-state index in [9.17, 15) is 0 Å². The fourth-order valence-electron chi connectivity index (χ4n) is 2.64. The van der Waals surface area contributed by atoms with Crippen LogP contribution in [0.15, 0.2) is 24.3 Å². The van der Waals surface area contributed by atoms with Crippen LogP contribution in [0.3, 0.4) is 0 Å². The maximum absolute atomic E-state index is 6.04. The summed E-state index contributed by atoms with van der Waals surface area (Å²) in [5.74, 6) is 0.777. The second kappa shape index (κ2) is 8.34. The zero-order chi connectivity index (χ0) is 14.3. The summed E-state index contributed by atoms with van der Waals surface area (Å²) >= 11 is 0. The van der Waals surface area contributed by atoms with Gasteiger partial charge in [0.1, 0.15) is 0 Å². The minimum Gasteiger partial charge on any atom is -0.329 e. The summed E-state index contributed by atoms with van der Waals surface area (Å²) in [6, 6.07) is 9.17. The van der Waals surface area contributed by atoms with Crippen LogP contribution in [-0.4, -0.2) is 24.5 Å². The van der Waals surface area contributed by atoms with E-state index in [4.69, 9.17) is 5.73 Å². The van der Waals surface area contributed by atoms with E-state index < -0.39 is 0 Å². The highest BCUT2D eigenvalue weighted by atomic mass is 15.2. The van der Waals surface area contributed by atoms with Crippen LogP contribution in [-0.2, 0) is 0 Å². The van der Waals surface area contributed by atoms with Gasteiger partial charge in [0, 0.05) is 19.1 Å². The fourth-order valence-corrected chi connectivity index (χ4v) is 2.64. The van der Waals surface area contributed by atoms with Gasteiger partial charge < -0.3 is 5.73 Å². The Morgan fingerprint density at radius 1 is 1.05 bits per heavy atom. The van der Waals surface area contributed by atoms with Gasteiger partial charge >= 0.3 is 0 Å². The van der Waals surface area contributed by atoms with E-state index in [1.165, 1.54) is 24.0 Å². The molecule has 2 nitrogen and oxygen atoms in total. The van der Waals surface area contributed by atoms with E-state index in [0.29, 0.717) is 12.6 Å². The van der Waals surface area contributed by atoms with Crippen LogP contribution in [0.5, 0.6) is 0 Å². The minimum atomic E-state index is 0.353. The van der Waals surface area contributed by atoms with Crippen molar-refractivity contribution in [2.45, 2.75) is 46.6 Å². The number of benzene rings is 1. The first-order valence-corrected chi connectivity index (χ1v) is 7.66. The van der Waals surface area contributed by atoms with Gasteiger partial charge in [-0.1, -0.05) is 63.4 Å². The molecule has 0 saturated carbocycles. The van der Waals surface area contributed by atoms with Crippen LogP contribution < -0.4 is 5.73 Å². The third kappa shape index (κ3) is 4.63. The Bertz CT molecular complexity index is 341. The Labute approximate surface area is 119 Å². The lowest BCUT2D eigenvalue weighted by Gasteiger charge is -2.33. The van der Waals surface area contributed by atoms with Crippen LogP contribution in [0.25, 0.3) is 0 Å². The van der Waals surface area contributed by atoms with Crippen LogP contribution in [0.1, 0.15) is 50.8 Å². The lowest BCUT2D eigenvalue weighted by Crippen LogP contribution is -2.37. The van der Waals surface area contributed by atoms with Crippen molar-refractivity contribution in [1.82, 2.24) is 4.90 Å². The lowest BCUT2D eigenvalue weighted by atomic mass is 9.99. The molecule has 1 unspecified atom stereocenters. The van der Waals surface area contributed by atoms with Gasteiger partial charge in [-0.2, -0.15) is 0 Å². The number of rotatable bonds is 8. The second-order valence-electron chi connectivity index (χ2n) is 5.43. The summed E-state index contributed by atoms with van der Waals surface area (Å²) < 4.78 is 0. The molecule has 0 radical (unpaired) electrons. The summed E-state index contributed by atoms with van der Waals surface area (Å²) in [7, 11) is 0. The Morgan fingerprint density at radius 2 is 1.63 bits per heavy atom. The summed E-state index contributed by atoms with van der Waals surface area (Å²) in [5.41, 5.74) is 8.69. The molecule has 0 aliphatic carbocycles. The summed E-state index contributed by atoms with van der Waals surface area (Å²) in [6.45, 7) is 11.8. The van der Waals surface area contributed by atoms with E-state index in [1.54, 1.807) is 0 Å². The molecule has 2 N–H and O–H groups in total. The van der Waals surface area contributed by atoms with Gasteiger partial charge in [-0.25, -0.2) is 0 Å². The minimum absolute atomic E-state index is 0.353. The van der Waals surface area contributed by atoms with Crippen molar-refractivity contribution in [3.63, 3.8) is 0 Å². The number of nitrogens with two attached hydrogens (primary N) is 1. The van der Waals surface area contributed by atoms with Crippen molar-refractivity contribution in [2.24, 2.45) is 11.7 Å². The lowest BCUT2D eigenvalue weighted by molar-refractivity contribution is 0.174. The third-order valence-electron chi connectivity index (χ3n) is 4.18. The average Bonchev–Trinajstić information content (AvgIpc) is 2.45. The van der Waals surface area contributed by atoms with Gasteiger partial charge in [0.25, 0.3) is 0 Å². The molecule has 0 fully saturated rings. The van der Waals surface area contributed by atoms with E-state index in [1.807, 2.05) is 0 Å². The molecule has 0 aromatic heterocycles. The monoisotopic (exact) mass is 262 g/mol. The standard InChI is InChI=1S/C17H30N2/c1-5-15(6-2)13-19(7-3)17(12-18)16-10-8-14(4)9-11-16/h8-11,15,17H,5-7,12-13,18H2,1-4H3. The van der Waals surface area contributed by atoms with Gasteiger partial charge in [0.2, 0.25) is 0 Å². The fraction of sp³-hybridized carbons (Fsp3) is 0.647. The smallest absolute Gasteiger partial charge is 0.0470 e. The zero-order valence-electron chi connectivity index (χ0n) is 13.0. The van der Waals surface area contributed by atoms with E-state index >= 15 is 0 Å². The largest absolute Gasteiger partial charge is 0.329 e. The first-order valence-electron chi connectivity index (χ1n) is 7.66. The van der Waals surface area contributed by atoms with E-state index in [-0.39, 0.29) is 0 Å². The van der Waals surface area contributed by atoms with Gasteiger partial charge in [-0.05, 0) is 24.9 Å². The molecule has 0 amide bonds. The normalized spacial score (nSPS) is 13.2. The number of nitrogens with zero attached hydrogens (tertiary/aromatic N) is 1. The predicted octanol–water partition coefficient (Wildman–Crippen LogP) is 3.75. The molecule has 0 aliphatic heterocycles. The second-order valence-corrected chi connectivity index (χ2v) is 5.43. The quantitative estimate of drug-likeness (QED) is 0.773. The molecule has 108 valence electrons. The topological polar surface area (TPSA) is 29.3 Å². The summed E-state index contributed by atoms with van der Waals surface area (Å²) in [6.07, 6.45) is 2.50. The summed E-state index contributed by atoms with van der Waals surface area (Å²) in [5, 5.41) is 0. The highest BCUT2D eigenvalue weighted by Gasteiger charge is 2.19. The van der Waals surface area contributed by atoms with Crippen LogP contribution in [0.4, 0.5) is 0 Å². The first kappa shape index (κ1) is 16.2. The van der Waals surface area contributed by atoms with Crippen LogP contribution >= 0.6 is 0 Å². The third-order valence-corrected chi connectivity index (χ3v) is 4.18. The Kier molecular flexibility index (Phi) is 7.11. The van der Waals surface area contributed by atoms with Crippen molar-refractivity contribution >= 4 is 0 Å². The van der Waals surface area contributed by atoms with Crippen molar-refractivity contribution in [2.75, 3.05) is 19.6 Å². The molecule has 2 heteroatoms. The number of aryl methyl sites for hydroxylation is 1. The van der Waals surface area contributed by atoms with Gasteiger partial charge in [0.15, 0.2) is 0 Å². The molecule has 1 rings (SSSR count). The molecule has 0 saturated heterocycles. The average molecular weight is 262 g/mol. The van der Waals surface area contributed by atoms with Gasteiger partial charge in [0.05, 0.1) is 0 Å². The highest BCUT2D eigenvalue weighted by molar-refractivity contribution is 5.24. The highest BCUT2D eigenvalue weighted by Crippen LogP contribution is 2.22. The maximum atomic E-state index is 6.04. The molecule has 1 atom stereocenters. The molecule has 1 aromatic rings. The first-order chi connectivity index (χ1) is 9.15. The molecule has 19 heavy (non-hydrogen) atoms. The summed E-state index contributed by atoms with van der Waals surface area (Å²) in [4.78, 5) is 2.53. The van der Waals surface area contributed by atoms with Crippen molar-refractivity contribution in [3.05, 3.63) is 35.4 Å². The van der Waals surface area contributed by atoms with E-state index in [2.05, 4.69) is 56.9 Å². The van der Waals surface area contributed by atoms with Crippen molar-refractivity contribution in [3.8, 4) is 0 Å². The Balaban J connectivity index is 2.82. The van der Waals surface area contributed by atoms with Gasteiger partial charge in [-0.3, -0.25) is 4.90 Å². The SMILES string of the molecule is CCC(CC)CN(CC)C(CN)c1ccc(C)cc1. The molecular weight excluding hydrogens is 232 g/mol. The van der Waals surface area contributed by atoms with Crippen LogP contribution in [0.2, 0.25) is 0 Å². The van der Waals surface area contributed by atoms with Crippen molar-refractivity contribution < 1.29 is 0 Å². The molecular formula is C17H30N2. The predicted molar refractivity (Wildman–Crippen MR) is 84.3 cm³/mol. The van der Waals surface area contributed by atoms with Gasteiger partial charge in [-0.15, -0.1) is 0 Å². The molecule has 1 aromatic carbocycles. The molecule has 0 spiro atoms. The Hall–Kier alpha value is -0.860. The molecule has 0 aliphatic rings.